The van der Waals surface area contributed by atoms with Gasteiger partial charge in [0.2, 0.25) is 0 Å². The van der Waals surface area contributed by atoms with E-state index in [1.807, 2.05) is 16.9 Å². The van der Waals surface area contributed by atoms with E-state index in [0.29, 0.717) is 11.1 Å². The van der Waals surface area contributed by atoms with Gasteiger partial charge in [-0.05, 0) is 18.1 Å². The summed E-state index contributed by atoms with van der Waals surface area (Å²) in [6.07, 6.45) is 5.98. The van der Waals surface area contributed by atoms with Crippen LogP contribution >= 0.6 is 0 Å². The van der Waals surface area contributed by atoms with Crippen LogP contribution in [0.2, 0.25) is 33.0 Å². The Morgan fingerprint density at radius 1 is 1.10 bits per heavy atom. The number of hydrogen-bond donors (Lipinski definition) is 2. The fraction of sp³-hybridized carbons (Fsp3) is 0.556. The van der Waals surface area contributed by atoms with Crippen LogP contribution in [0.3, 0.4) is 0 Å². The quantitative estimate of drug-likeness (QED) is 0.273. The van der Waals surface area contributed by atoms with Crippen molar-refractivity contribution in [2.45, 2.75) is 91.6 Å². The van der Waals surface area contributed by atoms with Crippen LogP contribution in [0.25, 0.3) is 22.2 Å². The van der Waals surface area contributed by atoms with E-state index in [1.54, 1.807) is 6.20 Å². The van der Waals surface area contributed by atoms with Crippen molar-refractivity contribution in [3.05, 3.63) is 24.7 Å². The Bertz CT molecular complexity index is 1370. The third kappa shape index (κ3) is 6.04. The minimum absolute atomic E-state index is 0.108. The summed E-state index contributed by atoms with van der Waals surface area (Å²) in [4.78, 5) is 34.8. The molecular weight excluding hydrogens is 623 g/mol. The van der Waals surface area contributed by atoms with Gasteiger partial charge in [-0.15, -0.1) is 0 Å². The summed E-state index contributed by atoms with van der Waals surface area (Å²) < 4.78 is 15.6. The molecule has 12 heteroatoms. The zero-order valence-corrected chi connectivity index (χ0v) is 28.0. The van der Waals surface area contributed by atoms with Crippen LogP contribution in [-0.4, -0.2) is 70.0 Å². The van der Waals surface area contributed by atoms with Crippen LogP contribution in [0, 0.1) is 0 Å². The van der Waals surface area contributed by atoms with Crippen molar-refractivity contribution < 1.29 is 28.6 Å². The summed E-state index contributed by atoms with van der Waals surface area (Å²) in [6.45, 7) is 11.4. The summed E-state index contributed by atoms with van der Waals surface area (Å²) in [6, 6.07) is 2.16. The number of imide groups is 1. The Morgan fingerprint density at radius 3 is 2.26 bits per heavy atom. The standard InChI is InChI=1S/C24H31N4O6Si.3CH3.Sn/c1-24(2,3)35(4,5)34-17-8-6-16(7-9-17)27-14-15(12-26-27)20-18-10-11-33-21(18)19(13-25-20)28(22(29)30)23(31)32;;;;/h10,12-14,16-17H,6-9H2,1-5H3,(H,29,30)(H,31,32);3*1H3;. The SMILES string of the molecule is CC(C)(C)[Si](C)(C)OC1CCC(n2cc(-c3ncc(N(C(=O)O)C(=O)O)c4o[c]([Sn]([CH3])([CH3])[CH3])cc34)cn2)CC1. The summed E-state index contributed by atoms with van der Waals surface area (Å²) >= 11 is -2.75. The molecule has 0 spiro atoms. The molecule has 1 aliphatic rings. The van der Waals surface area contributed by atoms with E-state index in [0.717, 1.165) is 35.0 Å². The maximum absolute atomic E-state index is 11.7. The van der Waals surface area contributed by atoms with Crippen LogP contribution in [0.15, 0.2) is 29.1 Å². The number of pyridine rings is 1. The molecule has 1 fully saturated rings. The molecule has 0 unspecified atom stereocenters. The number of hydrogen-bond acceptors (Lipinski definition) is 6. The molecule has 0 radical (unpaired) electrons. The molecule has 0 bridgehead atoms. The molecule has 3 aromatic rings. The number of nitrogens with zero attached hydrogens (tertiary/aromatic N) is 4. The van der Waals surface area contributed by atoms with Gasteiger partial charge in [0.1, 0.15) is 0 Å². The summed E-state index contributed by atoms with van der Waals surface area (Å²) in [5, 5.41) is 24.5. The molecule has 0 atom stereocenters. The van der Waals surface area contributed by atoms with Gasteiger partial charge < -0.3 is 0 Å². The van der Waals surface area contributed by atoms with E-state index in [2.05, 4.69) is 58.8 Å². The Hall–Kier alpha value is -2.38. The second kappa shape index (κ2) is 10.5. The van der Waals surface area contributed by atoms with Crippen LogP contribution in [0.5, 0.6) is 0 Å². The molecule has 3 heterocycles. The molecule has 39 heavy (non-hydrogen) atoms. The van der Waals surface area contributed by atoms with Crippen molar-refractivity contribution in [1.29, 1.82) is 0 Å². The first-order valence-electron chi connectivity index (χ1n) is 13.4. The van der Waals surface area contributed by atoms with E-state index < -0.39 is 38.9 Å². The average molecular weight is 663 g/mol. The van der Waals surface area contributed by atoms with Crippen molar-refractivity contribution in [1.82, 2.24) is 14.8 Å². The van der Waals surface area contributed by atoms with Gasteiger partial charge in [-0.3, -0.25) is 0 Å². The van der Waals surface area contributed by atoms with Crippen LogP contribution < -0.4 is 8.68 Å². The van der Waals surface area contributed by atoms with E-state index in [4.69, 9.17) is 8.84 Å². The van der Waals surface area contributed by atoms with Gasteiger partial charge in [0.05, 0.1) is 0 Å². The molecule has 2 amide bonds. The fourth-order valence-corrected chi connectivity index (χ4v) is 8.97. The van der Waals surface area contributed by atoms with E-state index >= 15 is 0 Å². The van der Waals surface area contributed by atoms with Crippen LogP contribution in [0.1, 0.15) is 52.5 Å². The number of carbonyl (C=O) groups is 2. The summed E-state index contributed by atoms with van der Waals surface area (Å²) in [5.74, 6) is 0. The Kier molecular flexibility index (Phi) is 8.00. The topological polar surface area (TPSA) is 131 Å². The molecule has 2 N–H and O–H groups in total. The van der Waals surface area contributed by atoms with Gasteiger partial charge in [0.15, 0.2) is 8.32 Å². The zero-order chi connectivity index (χ0) is 28.9. The predicted molar refractivity (Wildman–Crippen MR) is 156 cm³/mol. The molecule has 0 aromatic carbocycles. The molecule has 10 nitrogen and oxygen atoms in total. The first kappa shape index (κ1) is 29.6. The van der Waals surface area contributed by atoms with Gasteiger partial charge >= 0.3 is 188 Å². The normalized spacial score (nSPS) is 18.9. The number of rotatable bonds is 6. The van der Waals surface area contributed by atoms with Crippen LogP contribution in [0.4, 0.5) is 15.3 Å². The molecule has 0 aliphatic heterocycles. The minimum atomic E-state index is -2.75. The Labute approximate surface area is 234 Å². The Morgan fingerprint density at radius 2 is 1.72 bits per heavy atom. The van der Waals surface area contributed by atoms with Crippen molar-refractivity contribution in [3.8, 4) is 11.3 Å². The summed E-state index contributed by atoms with van der Waals surface area (Å²) in [7, 11) is -1.81. The number of furan rings is 1. The first-order chi connectivity index (χ1) is 18.0. The third-order valence-electron chi connectivity index (χ3n) is 8.06. The molecular formula is C27H40N4O6SiSn. The van der Waals surface area contributed by atoms with Crippen LogP contribution in [-0.2, 0) is 4.43 Å². The zero-order valence-electron chi connectivity index (χ0n) is 24.1. The molecule has 0 saturated heterocycles. The van der Waals surface area contributed by atoms with Gasteiger partial charge in [-0.1, -0.05) is 20.8 Å². The summed E-state index contributed by atoms with van der Waals surface area (Å²) in [5.41, 5.74) is 1.47. The molecule has 4 rings (SSSR count). The Balaban J connectivity index is 1.62. The van der Waals surface area contributed by atoms with Gasteiger partial charge in [-0.25, -0.2) is 0 Å². The third-order valence-corrected chi connectivity index (χ3v) is 17.5. The second-order valence-electron chi connectivity index (χ2n) is 13.0. The van der Waals surface area contributed by atoms with Gasteiger partial charge in [-0.2, -0.15) is 0 Å². The molecule has 3 aromatic heterocycles. The fourth-order valence-electron chi connectivity index (χ4n) is 4.74. The number of anilines is 1. The maximum atomic E-state index is 11.7. The number of aromatic nitrogens is 3. The number of carboxylic acid groups (broad SMARTS) is 2. The second-order valence-corrected chi connectivity index (χ2v) is 32.0. The number of amides is 2. The molecule has 1 saturated carbocycles. The van der Waals surface area contributed by atoms with Gasteiger partial charge in [0, 0.05) is 0 Å². The molecule has 1 aliphatic carbocycles. The van der Waals surface area contributed by atoms with Crippen molar-refractivity contribution >= 4 is 59.3 Å². The van der Waals surface area contributed by atoms with Crippen molar-refractivity contribution in [3.63, 3.8) is 0 Å². The van der Waals surface area contributed by atoms with E-state index in [-0.39, 0.29) is 33.4 Å². The number of fused-ring (bicyclic) bond motifs is 1. The molecule has 212 valence electrons. The van der Waals surface area contributed by atoms with Crippen molar-refractivity contribution in [2.75, 3.05) is 4.90 Å². The average Bonchev–Trinajstić information content (AvgIpc) is 3.46. The predicted octanol–water partition coefficient (Wildman–Crippen LogP) is 6.90. The van der Waals surface area contributed by atoms with E-state index in [9.17, 15) is 19.8 Å². The first-order valence-corrected chi connectivity index (χ1v) is 26.3. The van der Waals surface area contributed by atoms with Crippen molar-refractivity contribution in [2.24, 2.45) is 0 Å². The van der Waals surface area contributed by atoms with E-state index in [1.165, 1.54) is 6.20 Å². The van der Waals surface area contributed by atoms with Gasteiger partial charge in [0.25, 0.3) is 0 Å². The monoisotopic (exact) mass is 664 g/mol.